The van der Waals surface area contributed by atoms with E-state index in [1.165, 1.54) is 20.3 Å². The van der Waals surface area contributed by atoms with Gasteiger partial charge in [-0.15, -0.1) is 0 Å². The van der Waals surface area contributed by atoms with Crippen molar-refractivity contribution < 1.29 is 28.9 Å². The van der Waals surface area contributed by atoms with Crippen molar-refractivity contribution in [3.8, 4) is 11.5 Å². The van der Waals surface area contributed by atoms with Crippen LogP contribution in [-0.2, 0) is 14.3 Å². The lowest BCUT2D eigenvalue weighted by Gasteiger charge is -2.24. The van der Waals surface area contributed by atoms with Gasteiger partial charge in [-0.25, -0.2) is 0 Å². The Balaban J connectivity index is 1.86. The van der Waals surface area contributed by atoms with E-state index in [0.717, 1.165) is 0 Å². The van der Waals surface area contributed by atoms with Crippen molar-refractivity contribution in [2.75, 3.05) is 19.5 Å². The van der Waals surface area contributed by atoms with Crippen LogP contribution in [0.4, 0.5) is 5.69 Å². The number of hydrogen-bond donors (Lipinski definition) is 2. The molecule has 0 saturated carbocycles. The van der Waals surface area contributed by atoms with Crippen LogP contribution in [0.1, 0.15) is 12.8 Å². The second-order valence-electron chi connectivity index (χ2n) is 5.86. The molecule has 1 aromatic carbocycles. The standard InChI is InChI=1S/C16H18ClNO6/c1-22-11-6-8(12(23-2)5-7(11)17)18-15(19)13-9-3-4-10(24-9)14(13)16(20)21/h5-6,9-10,13-14H,3-4H2,1-2H3,(H,18,19)(H,20,21)/t9-,10+,13+,14-/m0/s1. The third kappa shape index (κ3) is 2.78. The SMILES string of the molecule is COc1cc(NC(=O)[C@H]2[C@@H](C(=O)O)[C@H]3CC[C@@H]2O3)c(OC)cc1Cl. The fourth-order valence-corrected chi connectivity index (χ4v) is 3.73. The second kappa shape index (κ2) is 6.49. The highest BCUT2D eigenvalue weighted by atomic mass is 35.5. The van der Waals surface area contributed by atoms with E-state index in [0.29, 0.717) is 35.1 Å². The maximum absolute atomic E-state index is 12.7. The van der Waals surface area contributed by atoms with Crippen LogP contribution in [0.5, 0.6) is 11.5 Å². The van der Waals surface area contributed by atoms with Crippen LogP contribution in [0.25, 0.3) is 0 Å². The molecule has 2 heterocycles. The van der Waals surface area contributed by atoms with Crippen LogP contribution < -0.4 is 14.8 Å². The Hall–Kier alpha value is -1.99. The summed E-state index contributed by atoms with van der Waals surface area (Å²) in [6, 6.07) is 3.07. The Morgan fingerprint density at radius 2 is 1.79 bits per heavy atom. The number of carboxylic acids is 1. The number of nitrogens with one attached hydrogen (secondary N) is 1. The van der Waals surface area contributed by atoms with E-state index < -0.39 is 29.8 Å². The van der Waals surface area contributed by atoms with Gasteiger partial charge in [-0.1, -0.05) is 11.6 Å². The lowest BCUT2D eigenvalue weighted by molar-refractivity contribution is -0.147. The molecule has 2 aliphatic heterocycles. The monoisotopic (exact) mass is 355 g/mol. The Labute approximate surface area is 143 Å². The Morgan fingerprint density at radius 3 is 2.38 bits per heavy atom. The minimum atomic E-state index is -1.01. The maximum Gasteiger partial charge on any atom is 0.310 e. The molecular weight excluding hydrogens is 338 g/mol. The van der Waals surface area contributed by atoms with Gasteiger partial charge in [0.25, 0.3) is 0 Å². The highest BCUT2D eigenvalue weighted by Crippen LogP contribution is 2.44. The number of methoxy groups -OCH3 is 2. The molecule has 8 heteroatoms. The minimum Gasteiger partial charge on any atom is -0.495 e. The molecule has 2 saturated heterocycles. The summed E-state index contributed by atoms with van der Waals surface area (Å²) in [7, 11) is 2.91. The molecule has 2 N–H and O–H groups in total. The largest absolute Gasteiger partial charge is 0.495 e. The molecule has 2 bridgehead atoms. The molecule has 24 heavy (non-hydrogen) atoms. The molecule has 1 amide bonds. The molecule has 0 aromatic heterocycles. The van der Waals surface area contributed by atoms with Crippen molar-refractivity contribution in [3.05, 3.63) is 17.2 Å². The van der Waals surface area contributed by atoms with Gasteiger partial charge in [0, 0.05) is 12.1 Å². The van der Waals surface area contributed by atoms with Gasteiger partial charge in [-0.2, -0.15) is 0 Å². The molecular formula is C16H18ClNO6. The summed E-state index contributed by atoms with van der Waals surface area (Å²) in [5.74, 6) is -2.23. The van der Waals surface area contributed by atoms with Crippen molar-refractivity contribution in [1.29, 1.82) is 0 Å². The highest BCUT2D eigenvalue weighted by Gasteiger charge is 2.55. The van der Waals surface area contributed by atoms with Gasteiger partial charge in [-0.3, -0.25) is 9.59 Å². The number of fused-ring (bicyclic) bond motifs is 2. The zero-order valence-corrected chi connectivity index (χ0v) is 14.0. The van der Waals surface area contributed by atoms with Crippen molar-refractivity contribution in [2.45, 2.75) is 25.0 Å². The third-order valence-electron chi connectivity index (χ3n) is 4.59. The summed E-state index contributed by atoms with van der Waals surface area (Å²) in [6.07, 6.45) is 0.595. The predicted molar refractivity (Wildman–Crippen MR) is 85.7 cm³/mol. The number of ether oxygens (including phenoxy) is 3. The summed E-state index contributed by atoms with van der Waals surface area (Å²) in [6.45, 7) is 0. The third-order valence-corrected chi connectivity index (χ3v) is 4.89. The Kier molecular flexibility index (Phi) is 4.56. The van der Waals surface area contributed by atoms with Crippen LogP contribution in [-0.4, -0.2) is 43.4 Å². The van der Waals surface area contributed by atoms with Crippen LogP contribution in [0.15, 0.2) is 12.1 Å². The van der Waals surface area contributed by atoms with Gasteiger partial charge in [0.2, 0.25) is 5.91 Å². The van der Waals surface area contributed by atoms with Gasteiger partial charge < -0.3 is 24.6 Å². The molecule has 4 atom stereocenters. The summed E-state index contributed by atoms with van der Waals surface area (Å²) >= 11 is 6.04. The number of halogens is 1. The second-order valence-corrected chi connectivity index (χ2v) is 6.26. The summed E-state index contributed by atoms with van der Waals surface area (Å²) in [5.41, 5.74) is 0.371. The van der Waals surface area contributed by atoms with E-state index in [1.807, 2.05) is 0 Å². The summed E-state index contributed by atoms with van der Waals surface area (Å²) in [4.78, 5) is 24.2. The topological polar surface area (TPSA) is 94.1 Å². The van der Waals surface area contributed by atoms with E-state index in [4.69, 9.17) is 25.8 Å². The lowest BCUT2D eigenvalue weighted by atomic mass is 9.78. The fourth-order valence-electron chi connectivity index (χ4n) is 3.50. The molecule has 0 spiro atoms. The number of benzene rings is 1. The van der Waals surface area contributed by atoms with Gasteiger partial charge >= 0.3 is 5.97 Å². The first-order valence-corrected chi connectivity index (χ1v) is 7.94. The van der Waals surface area contributed by atoms with Crippen LogP contribution >= 0.6 is 11.6 Å². The van der Waals surface area contributed by atoms with Gasteiger partial charge in [0.1, 0.15) is 11.5 Å². The van der Waals surface area contributed by atoms with Gasteiger partial charge in [-0.05, 0) is 12.8 Å². The first kappa shape index (κ1) is 16.9. The zero-order valence-electron chi connectivity index (χ0n) is 13.2. The molecule has 0 radical (unpaired) electrons. The number of aliphatic carboxylic acids is 1. The van der Waals surface area contributed by atoms with Crippen molar-refractivity contribution >= 4 is 29.2 Å². The number of carboxylic acid groups (broad SMARTS) is 1. The molecule has 7 nitrogen and oxygen atoms in total. The molecule has 2 aliphatic rings. The molecule has 0 aliphatic carbocycles. The zero-order chi connectivity index (χ0) is 17.4. The predicted octanol–water partition coefficient (Wildman–Crippen LogP) is 2.17. The number of carbonyl (C=O) groups is 2. The fraction of sp³-hybridized carbons (Fsp3) is 0.500. The first-order valence-electron chi connectivity index (χ1n) is 7.57. The highest BCUT2D eigenvalue weighted by molar-refractivity contribution is 6.32. The number of carbonyl (C=O) groups excluding carboxylic acids is 1. The molecule has 0 unspecified atom stereocenters. The molecule has 2 fully saturated rings. The Bertz CT molecular complexity index is 679. The van der Waals surface area contributed by atoms with E-state index in [-0.39, 0.29) is 6.10 Å². The number of amides is 1. The average Bonchev–Trinajstić information content (AvgIpc) is 3.16. The first-order chi connectivity index (χ1) is 11.5. The normalized spacial score (nSPS) is 27.8. The summed E-state index contributed by atoms with van der Waals surface area (Å²) in [5, 5.41) is 12.5. The average molecular weight is 356 g/mol. The van der Waals surface area contributed by atoms with Crippen LogP contribution in [0, 0.1) is 11.8 Å². The van der Waals surface area contributed by atoms with E-state index >= 15 is 0 Å². The van der Waals surface area contributed by atoms with Crippen LogP contribution in [0.3, 0.4) is 0 Å². The quantitative estimate of drug-likeness (QED) is 0.840. The van der Waals surface area contributed by atoms with E-state index in [2.05, 4.69) is 5.32 Å². The molecule has 3 rings (SSSR count). The van der Waals surface area contributed by atoms with Crippen molar-refractivity contribution in [2.24, 2.45) is 11.8 Å². The minimum absolute atomic E-state index is 0.346. The van der Waals surface area contributed by atoms with E-state index in [1.54, 1.807) is 6.07 Å². The maximum atomic E-state index is 12.7. The smallest absolute Gasteiger partial charge is 0.310 e. The number of hydrogen-bond acceptors (Lipinski definition) is 5. The van der Waals surface area contributed by atoms with Gasteiger partial charge in [0.05, 0.1) is 49.0 Å². The van der Waals surface area contributed by atoms with Crippen molar-refractivity contribution in [1.82, 2.24) is 0 Å². The lowest BCUT2D eigenvalue weighted by Crippen LogP contribution is -2.41. The van der Waals surface area contributed by atoms with Gasteiger partial charge in [0.15, 0.2) is 0 Å². The number of anilines is 1. The summed E-state index contributed by atoms with van der Waals surface area (Å²) < 4.78 is 16.0. The molecule has 1 aromatic rings. The number of rotatable bonds is 5. The molecule has 130 valence electrons. The Morgan fingerprint density at radius 1 is 1.17 bits per heavy atom. The van der Waals surface area contributed by atoms with E-state index in [9.17, 15) is 14.7 Å². The van der Waals surface area contributed by atoms with Crippen LogP contribution in [0.2, 0.25) is 5.02 Å². The van der Waals surface area contributed by atoms with Crippen molar-refractivity contribution in [3.63, 3.8) is 0 Å².